The Balaban J connectivity index is 1.33. The number of thiazole rings is 1. The number of benzene rings is 2. The van der Waals surface area contributed by atoms with Gasteiger partial charge in [-0.1, -0.05) is 18.2 Å². The fourth-order valence-corrected chi connectivity index (χ4v) is 3.84. The highest BCUT2D eigenvalue weighted by Gasteiger charge is 2.11. The number of thioether (sulfide) groups is 1. The molecule has 1 N–H and O–H groups in total. The van der Waals surface area contributed by atoms with Gasteiger partial charge in [0, 0.05) is 11.4 Å². The molecule has 0 aliphatic heterocycles. The van der Waals surface area contributed by atoms with Gasteiger partial charge in [0.15, 0.2) is 6.61 Å². The summed E-state index contributed by atoms with van der Waals surface area (Å²) in [6.45, 7) is 0.286. The molecule has 0 fully saturated rings. The fraction of sp³-hybridized carbons (Fsp3) is 0.211. The average molecular weight is 386 g/mol. The van der Waals surface area contributed by atoms with E-state index in [0.29, 0.717) is 12.1 Å². The van der Waals surface area contributed by atoms with Gasteiger partial charge in [0.05, 0.1) is 21.3 Å². The normalized spacial score (nSPS) is 10.6. The molecule has 7 heteroatoms. The first-order chi connectivity index (χ1) is 12.7. The van der Waals surface area contributed by atoms with E-state index in [-0.39, 0.29) is 12.5 Å². The minimum Gasteiger partial charge on any atom is -0.452 e. The number of nitrogens with zero attached hydrogens (tertiary/aromatic N) is 1. The molecule has 1 amide bonds. The molecule has 3 aromatic rings. The number of hydrogen-bond donors (Lipinski definition) is 1. The quantitative estimate of drug-likeness (QED) is 0.363. The van der Waals surface area contributed by atoms with Crippen LogP contribution in [0.25, 0.3) is 10.2 Å². The van der Waals surface area contributed by atoms with Crippen LogP contribution in [0.2, 0.25) is 0 Å². The van der Waals surface area contributed by atoms with E-state index in [0.717, 1.165) is 22.4 Å². The Kier molecular flexibility index (Phi) is 6.62. The van der Waals surface area contributed by atoms with Gasteiger partial charge in [-0.3, -0.25) is 4.79 Å². The summed E-state index contributed by atoms with van der Waals surface area (Å²) in [5.41, 5.74) is 3.00. The lowest BCUT2D eigenvalue weighted by molar-refractivity contribution is -0.124. The zero-order valence-electron chi connectivity index (χ0n) is 14.0. The second-order valence-electron chi connectivity index (χ2n) is 5.48. The maximum atomic E-state index is 12.0. The van der Waals surface area contributed by atoms with Gasteiger partial charge in [-0.05, 0) is 42.5 Å². The number of carbonyl (C=O) groups is 2. The fourth-order valence-electron chi connectivity index (χ4n) is 2.25. The van der Waals surface area contributed by atoms with Crippen LogP contribution in [-0.2, 0) is 9.53 Å². The van der Waals surface area contributed by atoms with Crippen molar-refractivity contribution >= 4 is 45.2 Å². The molecule has 0 radical (unpaired) electrons. The summed E-state index contributed by atoms with van der Waals surface area (Å²) in [6, 6.07) is 15.3. The molecule has 0 unspecified atom stereocenters. The van der Waals surface area contributed by atoms with Crippen molar-refractivity contribution in [1.82, 2.24) is 10.3 Å². The van der Waals surface area contributed by atoms with E-state index in [2.05, 4.69) is 22.4 Å². The molecular weight excluding hydrogens is 368 g/mol. The third-order valence-corrected chi connectivity index (χ3v) is 5.45. The summed E-state index contributed by atoms with van der Waals surface area (Å²) in [7, 11) is 0. The predicted octanol–water partition coefficient (Wildman–Crippen LogP) is 3.75. The minimum absolute atomic E-state index is 0.272. The molecule has 134 valence electrons. The Hall–Kier alpha value is -2.38. The molecule has 1 aromatic heterocycles. The van der Waals surface area contributed by atoms with E-state index in [4.69, 9.17) is 4.74 Å². The van der Waals surface area contributed by atoms with Crippen LogP contribution in [0.5, 0.6) is 0 Å². The summed E-state index contributed by atoms with van der Waals surface area (Å²) in [5.74, 6) is 0.121. The number of rotatable bonds is 8. The third kappa shape index (κ3) is 5.31. The van der Waals surface area contributed by atoms with E-state index >= 15 is 0 Å². The Morgan fingerprint density at radius 1 is 1.15 bits per heavy atom. The zero-order chi connectivity index (χ0) is 18.2. The first-order valence-corrected chi connectivity index (χ1v) is 10.0. The van der Waals surface area contributed by atoms with Crippen molar-refractivity contribution in [2.75, 3.05) is 18.9 Å². The number of fused-ring (bicyclic) bond motifs is 1. The number of carbonyl (C=O) groups excluding carboxylic acids is 2. The first kappa shape index (κ1) is 18.4. The number of ether oxygens (including phenoxy) is 1. The highest BCUT2D eigenvalue weighted by Crippen LogP contribution is 2.19. The minimum atomic E-state index is -0.505. The highest BCUT2D eigenvalue weighted by atomic mass is 32.2. The van der Waals surface area contributed by atoms with Gasteiger partial charge >= 0.3 is 5.97 Å². The van der Waals surface area contributed by atoms with E-state index in [9.17, 15) is 9.59 Å². The molecule has 0 atom stereocenters. The molecule has 0 saturated heterocycles. The molecule has 0 aliphatic carbocycles. The number of nitrogens with one attached hydrogen (secondary N) is 1. The van der Waals surface area contributed by atoms with Crippen molar-refractivity contribution in [3.8, 4) is 0 Å². The Bertz CT molecular complexity index is 881. The second kappa shape index (κ2) is 9.35. The van der Waals surface area contributed by atoms with Gasteiger partial charge in [0.1, 0.15) is 0 Å². The monoisotopic (exact) mass is 386 g/mol. The summed E-state index contributed by atoms with van der Waals surface area (Å²) in [5, 5.41) is 2.76. The molecule has 0 aliphatic rings. The Labute approximate surface area is 159 Å². The van der Waals surface area contributed by atoms with Crippen LogP contribution in [0.3, 0.4) is 0 Å². The van der Waals surface area contributed by atoms with E-state index in [1.807, 2.05) is 18.2 Å². The molecule has 3 rings (SSSR count). The lowest BCUT2D eigenvalue weighted by Crippen LogP contribution is -2.29. The van der Waals surface area contributed by atoms with Gasteiger partial charge in [0.25, 0.3) is 5.91 Å². The molecule has 26 heavy (non-hydrogen) atoms. The molecule has 0 saturated carbocycles. The molecule has 5 nitrogen and oxygen atoms in total. The van der Waals surface area contributed by atoms with Crippen molar-refractivity contribution in [2.24, 2.45) is 0 Å². The van der Waals surface area contributed by atoms with Crippen LogP contribution in [0.1, 0.15) is 16.8 Å². The molecule has 0 bridgehead atoms. The van der Waals surface area contributed by atoms with Gasteiger partial charge in [0.2, 0.25) is 0 Å². The predicted molar refractivity (Wildman–Crippen MR) is 105 cm³/mol. The van der Waals surface area contributed by atoms with Gasteiger partial charge in [-0.2, -0.15) is 0 Å². The lowest BCUT2D eigenvalue weighted by atomic mass is 10.2. The third-order valence-electron chi connectivity index (χ3n) is 3.56. The van der Waals surface area contributed by atoms with E-state index in [1.54, 1.807) is 35.5 Å². The zero-order valence-corrected chi connectivity index (χ0v) is 15.6. The van der Waals surface area contributed by atoms with Crippen LogP contribution in [-0.4, -0.2) is 35.8 Å². The van der Waals surface area contributed by atoms with Gasteiger partial charge < -0.3 is 10.1 Å². The van der Waals surface area contributed by atoms with Crippen molar-refractivity contribution in [1.29, 1.82) is 0 Å². The van der Waals surface area contributed by atoms with E-state index in [1.165, 1.54) is 16.2 Å². The van der Waals surface area contributed by atoms with Crippen LogP contribution >= 0.6 is 23.1 Å². The summed E-state index contributed by atoms with van der Waals surface area (Å²) in [4.78, 5) is 29.2. The molecular formula is C19H18N2O3S2. The van der Waals surface area contributed by atoms with Crippen molar-refractivity contribution in [3.05, 3.63) is 59.6 Å². The summed E-state index contributed by atoms with van der Waals surface area (Å²) < 4.78 is 5.99. The first-order valence-electron chi connectivity index (χ1n) is 8.17. The van der Waals surface area contributed by atoms with Gasteiger partial charge in [-0.15, -0.1) is 23.1 Å². The average Bonchev–Trinajstić information content (AvgIpc) is 3.14. The highest BCUT2D eigenvalue weighted by molar-refractivity contribution is 7.99. The summed E-state index contributed by atoms with van der Waals surface area (Å²) >= 11 is 3.21. The standard InChI is InChI=1S/C19H18N2O3S2/c22-18(20-9-4-10-25-15-5-2-1-3-6-15)12-24-19(23)14-7-8-16-17(11-14)26-13-21-16/h1-3,5-8,11,13H,4,9-10,12H2,(H,20,22). The van der Waals surface area contributed by atoms with Crippen molar-refractivity contribution < 1.29 is 14.3 Å². The largest absolute Gasteiger partial charge is 0.452 e. The maximum absolute atomic E-state index is 12.0. The SMILES string of the molecule is O=C(COC(=O)c1ccc2ncsc2c1)NCCCSc1ccccc1. The Morgan fingerprint density at radius 2 is 2.00 bits per heavy atom. The molecule has 0 spiro atoms. The number of hydrogen-bond acceptors (Lipinski definition) is 6. The van der Waals surface area contributed by atoms with Crippen molar-refractivity contribution in [3.63, 3.8) is 0 Å². The maximum Gasteiger partial charge on any atom is 0.338 e. The number of amides is 1. The van der Waals surface area contributed by atoms with Crippen LogP contribution in [0.15, 0.2) is 58.9 Å². The second-order valence-corrected chi connectivity index (χ2v) is 7.53. The number of esters is 1. The van der Waals surface area contributed by atoms with Crippen LogP contribution < -0.4 is 5.32 Å². The molecule has 2 aromatic carbocycles. The van der Waals surface area contributed by atoms with E-state index < -0.39 is 5.97 Å². The Morgan fingerprint density at radius 3 is 2.85 bits per heavy atom. The lowest BCUT2D eigenvalue weighted by Gasteiger charge is -2.07. The topological polar surface area (TPSA) is 68.3 Å². The van der Waals surface area contributed by atoms with Crippen LogP contribution in [0.4, 0.5) is 0 Å². The summed E-state index contributed by atoms with van der Waals surface area (Å²) in [6.07, 6.45) is 0.849. The van der Waals surface area contributed by atoms with Crippen molar-refractivity contribution in [2.45, 2.75) is 11.3 Å². The van der Waals surface area contributed by atoms with Gasteiger partial charge in [-0.25, -0.2) is 9.78 Å². The molecule has 1 heterocycles. The number of aromatic nitrogens is 1. The smallest absolute Gasteiger partial charge is 0.338 e. The van der Waals surface area contributed by atoms with Crippen LogP contribution in [0, 0.1) is 0 Å².